The van der Waals surface area contributed by atoms with Crippen LogP contribution in [0.3, 0.4) is 0 Å². The van der Waals surface area contributed by atoms with Crippen molar-refractivity contribution >= 4 is 40.7 Å². The average molecular weight is 530 g/mol. The lowest BCUT2D eigenvalue weighted by Crippen LogP contribution is -2.44. The first-order valence-electron chi connectivity index (χ1n) is 12.2. The Hall–Kier alpha value is -2.74. The van der Waals surface area contributed by atoms with Gasteiger partial charge in [-0.1, -0.05) is 25.4 Å². The number of hydrogen-bond donors (Lipinski definition) is 1. The SMILES string of the molecule is Cc1cc(-c2nc3ccc(N4CCN(C)CC4)cc3[nH]2)nn1Cc1cc(Cl)ccc1OCC(C)C.Cl. The number of hydrogen-bond acceptors (Lipinski definition) is 5. The largest absolute Gasteiger partial charge is 0.493 e. The summed E-state index contributed by atoms with van der Waals surface area (Å²) in [6.45, 7) is 11.8. The van der Waals surface area contributed by atoms with Gasteiger partial charge in [0.2, 0.25) is 0 Å². The summed E-state index contributed by atoms with van der Waals surface area (Å²) >= 11 is 6.30. The second kappa shape index (κ2) is 11.1. The van der Waals surface area contributed by atoms with E-state index in [0.29, 0.717) is 24.1 Å². The molecule has 0 spiro atoms. The Bertz CT molecular complexity index is 1320. The molecule has 0 atom stereocenters. The molecule has 0 radical (unpaired) electrons. The molecule has 4 aromatic rings. The molecule has 1 aliphatic rings. The molecule has 5 rings (SSSR count). The zero-order valence-electron chi connectivity index (χ0n) is 21.3. The second-order valence-electron chi connectivity index (χ2n) is 9.86. The maximum absolute atomic E-state index is 6.30. The lowest BCUT2D eigenvalue weighted by atomic mass is 10.2. The molecule has 9 heteroatoms. The first-order valence-corrected chi connectivity index (χ1v) is 12.6. The fourth-order valence-electron chi connectivity index (χ4n) is 4.40. The van der Waals surface area contributed by atoms with E-state index in [-0.39, 0.29) is 12.4 Å². The Morgan fingerprint density at radius 1 is 1.06 bits per heavy atom. The summed E-state index contributed by atoms with van der Waals surface area (Å²) in [5.41, 5.74) is 6.10. The molecular formula is C27H34Cl2N6O. The summed E-state index contributed by atoms with van der Waals surface area (Å²) in [5, 5.41) is 5.56. The minimum atomic E-state index is 0. The zero-order valence-corrected chi connectivity index (χ0v) is 22.9. The predicted octanol–water partition coefficient (Wildman–Crippen LogP) is 5.64. The minimum absolute atomic E-state index is 0. The third kappa shape index (κ3) is 5.80. The first-order chi connectivity index (χ1) is 16.9. The molecule has 0 amide bonds. The molecule has 192 valence electrons. The van der Waals surface area contributed by atoms with Gasteiger partial charge in [-0.2, -0.15) is 5.10 Å². The van der Waals surface area contributed by atoms with E-state index in [2.05, 4.69) is 66.9 Å². The van der Waals surface area contributed by atoms with Gasteiger partial charge in [-0.3, -0.25) is 4.68 Å². The van der Waals surface area contributed by atoms with Crippen molar-refractivity contribution in [3.05, 3.63) is 58.7 Å². The smallest absolute Gasteiger partial charge is 0.159 e. The zero-order chi connectivity index (χ0) is 24.5. The Morgan fingerprint density at radius 3 is 2.58 bits per heavy atom. The normalized spacial score (nSPS) is 14.4. The van der Waals surface area contributed by atoms with Crippen LogP contribution < -0.4 is 9.64 Å². The third-order valence-electron chi connectivity index (χ3n) is 6.47. The molecule has 0 bridgehead atoms. The number of H-pyrrole nitrogens is 1. The number of anilines is 1. The second-order valence-corrected chi connectivity index (χ2v) is 10.3. The lowest BCUT2D eigenvalue weighted by Gasteiger charge is -2.34. The molecule has 2 aromatic heterocycles. The summed E-state index contributed by atoms with van der Waals surface area (Å²) in [5.74, 6) is 2.07. The van der Waals surface area contributed by atoms with E-state index in [9.17, 15) is 0 Å². The van der Waals surface area contributed by atoms with Crippen molar-refractivity contribution in [2.24, 2.45) is 5.92 Å². The number of nitrogens with zero attached hydrogens (tertiary/aromatic N) is 5. The number of nitrogens with one attached hydrogen (secondary N) is 1. The van der Waals surface area contributed by atoms with Gasteiger partial charge in [0.15, 0.2) is 5.82 Å². The third-order valence-corrected chi connectivity index (χ3v) is 6.71. The predicted molar refractivity (Wildman–Crippen MR) is 150 cm³/mol. The van der Waals surface area contributed by atoms with Crippen molar-refractivity contribution in [1.29, 1.82) is 0 Å². The van der Waals surface area contributed by atoms with E-state index in [0.717, 1.165) is 65.7 Å². The average Bonchev–Trinajstić information content (AvgIpc) is 3.42. The van der Waals surface area contributed by atoms with E-state index in [1.54, 1.807) is 0 Å². The fraction of sp³-hybridized carbons (Fsp3) is 0.407. The van der Waals surface area contributed by atoms with E-state index in [1.807, 2.05) is 22.9 Å². The van der Waals surface area contributed by atoms with E-state index in [4.69, 9.17) is 26.4 Å². The van der Waals surface area contributed by atoms with Crippen LogP contribution in [0.25, 0.3) is 22.6 Å². The number of rotatable bonds is 7. The van der Waals surface area contributed by atoms with Crippen molar-refractivity contribution in [2.45, 2.75) is 27.3 Å². The number of imidazole rings is 1. The van der Waals surface area contributed by atoms with Crippen molar-refractivity contribution < 1.29 is 4.74 Å². The van der Waals surface area contributed by atoms with Gasteiger partial charge in [0.05, 0.1) is 24.2 Å². The van der Waals surface area contributed by atoms with Crippen molar-refractivity contribution in [2.75, 3.05) is 44.7 Å². The monoisotopic (exact) mass is 528 g/mol. The molecule has 1 saturated heterocycles. The number of aryl methyl sites for hydroxylation is 1. The Morgan fingerprint density at radius 2 is 1.83 bits per heavy atom. The summed E-state index contributed by atoms with van der Waals surface area (Å²) in [4.78, 5) is 13.1. The number of likely N-dealkylation sites (N-methyl/N-ethyl adjacent to an activating group) is 1. The highest BCUT2D eigenvalue weighted by Gasteiger charge is 2.17. The lowest BCUT2D eigenvalue weighted by molar-refractivity contribution is 0.268. The number of aromatic nitrogens is 4. The molecule has 0 unspecified atom stereocenters. The van der Waals surface area contributed by atoms with Crippen molar-refractivity contribution in [3.63, 3.8) is 0 Å². The number of fused-ring (bicyclic) bond motifs is 1. The van der Waals surface area contributed by atoms with E-state index >= 15 is 0 Å². The summed E-state index contributed by atoms with van der Waals surface area (Å²) in [7, 11) is 2.18. The number of benzene rings is 2. The van der Waals surface area contributed by atoms with Crippen LogP contribution in [0, 0.1) is 12.8 Å². The van der Waals surface area contributed by atoms with Crippen molar-refractivity contribution in [3.8, 4) is 17.3 Å². The molecular weight excluding hydrogens is 495 g/mol. The molecule has 1 N–H and O–H groups in total. The standard InChI is InChI=1S/C27H33ClN6O.ClH/c1-18(2)17-35-26-8-5-21(28)14-20(26)16-34-19(3)13-25(31-34)27-29-23-7-6-22(15-24(23)30-27)33-11-9-32(4)10-12-33;/h5-8,13-15,18H,9-12,16-17H2,1-4H3,(H,29,30);1H. The van der Waals surface area contributed by atoms with Crippen LogP contribution >= 0.6 is 24.0 Å². The topological polar surface area (TPSA) is 62.2 Å². The maximum Gasteiger partial charge on any atom is 0.159 e. The minimum Gasteiger partial charge on any atom is -0.493 e. The molecule has 2 aromatic carbocycles. The molecule has 0 aliphatic carbocycles. The highest BCUT2D eigenvalue weighted by molar-refractivity contribution is 6.30. The molecule has 36 heavy (non-hydrogen) atoms. The van der Waals surface area contributed by atoms with Crippen LogP contribution in [0.1, 0.15) is 25.1 Å². The van der Waals surface area contributed by atoms with Gasteiger partial charge in [0.25, 0.3) is 0 Å². The van der Waals surface area contributed by atoms with Gasteiger partial charge >= 0.3 is 0 Å². The molecule has 0 saturated carbocycles. The highest BCUT2D eigenvalue weighted by Crippen LogP contribution is 2.27. The highest BCUT2D eigenvalue weighted by atomic mass is 35.5. The summed E-state index contributed by atoms with van der Waals surface area (Å²) in [6, 6.07) is 14.3. The van der Waals surface area contributed by atoms with Crippen LogP contribution in [0.2, 0.25) is 5.02 Å². The van der Waals surface area contributed by atoms with Crippen LogP contribution in [-0.2, 0) is 6.54 Å². The Kier molecular flexibility index (Phi) is 8.13. The van der Waals surface area contributed by atoms with E-state index < -0.39 is 0 Å². The summed E-state index contributed by atoms with van der Waals surface area (Å²) in [6.07, 6.45) is 0. The quantitative estimate of drug-likeness (QED) is 0.336. The van der Waals surface area contributed by atoms with Gasteiger partial charge in [-0.15, -0.1) is 12.4 Å². The molecule has 3 heterocycles. The van der Waals surface area contributed by atoms with Gasteiger partial charge in [-0.05, 0) is 62.4 Å². The number of aromatic amines is 1. The van der Waals surface area contributed by atoms with Gasteiger partial charge in [0, 0.05) is 48.1 Å². The number of piperazine rings is 1. The first kappa shape index (κ1) is 26.3. The van der Waals surface area contributed by atoms with Crippen molar-refractivity contribution in [1.82, 2.24) is 24.6 Å². The Labute approximate surface area is 223 Å². The summed E-state index contributed by atoms with van der Waals surface area (Å²) < 4.78 is 8.02. The van der Waals surface area contributed by atoms with Gasteiger partial charge in [-0.25, -0.2) is 4.98 Å². The van der Waals surface area contributed by atoms with Gasteiger partial charge < -0.3 is 19.5 Å². The number of ether oxygens (including phenoxy) is 1. The molecule has 1 aliphatic heterocycles. The number of halogens is 2. The van der Waals surface area contributed by atoms with E-state index in [1.165, 1.54) is 5.69 Å². The maximum atomic E-state index is 6.30. The van der Waals surface area contributed by atoms with Crippen LogP contribution in [-0.4, -0.2) is 64.5 Å². The van der Waals surface area contributed by atoms with Crippen LogP contribution in [0.15, 0.2) is 42.5 Å². The Balaban J connectivity index is 0.00000304. The van der Waals surface area contributed by atoms with Crippen LogP contribution in [0.4, 0.5) is 5.69 Å². The fourth-order valence-corrected chi connectivity index (χ4v) is 4.59. The molecule has 1 fully saturated rings. The molecule has 7 nitrogen and oxygen atoms in total. The van der Waals surface area contributed by atoms with Crippen LogP contribution in [0.5, 0.6) is 5.75 Å². The van der Waals surface area contributed by atoms with Gasteiger partial charge in [0.1, 0.15) is 11.4 Å².